The van der Waals surface area contributed by atoms with Gasteiger partial charge in [-0.1, -0.05) is 78.9 Å². The van der Waals surface area contributed by atoms with Crippen LogP contribution in [0.5, 0.6) is 0 Å². The van der Waals surface area contributed by atoms with Crippen molar-refractivity contribution in [2.75, 3.05) is 6.54 Å². The van der Waals surface area contributed by atoms with Gasteiger partial charge >= 0.3 is 0 Å². The summed E-state index contributed by atoms with van der Waals surface area (Å²) >= 11 is 0. The van der Waals surface area contributed by atoms with Crippen molar-refractivity contribution in [3.05, 3.63) is 106 Å². The van der Waals surface area contributed by atoms with E-state index >= 15 is 0 Å². The fraction of sp³-hybridized carbons (Fsp3) is 0.130. The van der Waals surface area contributed by atoms with Crippen molar-refractivity contribution in [3.8, 4) is 11.3 Å². The van der Waals surface area contributed by atoms with Crippen LogP contribution in [0, 0.1) is 10.1 Å². The second kappa shape index (κ2) is 7.08. The summed E-state index contributed by atoms with van der Waals surface area (Å²) < 4.78 is 2.15. The van der Waals surface area contributed by atoms with E-state index in [1.165, 1.54) is 0 Å². The van der Waals surface area contributed by atoms with Crippen molar-refractivity contribution in [2.45, 2.75) is 5.92 Å². The molecule has 0 aliphatic carbocycles. The lowest BCUT2D eigenvalue weighted by atomic mass is 9.87. The first kappa shape index (κ1) is 17.0. The number of aryl methyl sites for hydroxylation is 1. The van der Waals surface area contributed by atoms with E-state index in [-0.39, 0.29) is 17.4 Å². The summed E-state index contributed by atoms with van der Waals surface area (Å²) in [5.74, 6) is -0.317. The zero-order valence-corrected chi connectivity index (χ0v) is 15.1. The van der Waals surface area contributed by atoms with Gasteiger partial charge in [-0.25, -0.2) is 0 Å². The minimum Gasteiger partial charge on any atom is -0.343 e. The van der Waals surface area contributed by atoms with Gasteiger partial charge in [0.2, 0.25) is 6.54 Å². The number of rotatable bonds is 5. The van der Waals surface area contributed by atoms with Gasteiger partial charge in [0.1, 0.15) is 0 Å². The lowest BCUT2D eigenvalue weighted by molar-refractivity contribution is -0.481. The van der Waals surface area contributed by atoms with Crippen LogP contribution in [-0.2, 0) is 7.05 Å². The molecule has 134 valence electrons. The number of aromatic nitrogens is 1. The first-order chi connectivity index (χ1) is 13.2. The van der Waals surface area contributed by atoms with E-state index in [4.69, 9.17) is 0 Å². The van der Waals surface area contributed by atoms with Gasteiger partial charge in [-0.3, -0.25) is 10.1 Å². The lowest BCUT2D eigenvalue weighted by Crippen LogP contribution is -2.15. The molecular formula is C23H20N2O2. The molecule has 27 heavy (non-hydrogen) atoms. The Hall–Kier alpha value is -3.40. The number of nitrogens with zero attached hydrogens (tertiary/aromatic N) is 2. The molecule has 0 radical (unpaired) electrons. The molecule has 4 rings (SSSR count). The molecule has 0 aliphatic rings. The number of para-hydroxylation sites is 1. The maximum atomic E-state index is 11.5. The van der Waals surface area contributed by atoms with Crippen LogP contribution in [0.15, 0.2) is 84.9 Å². The van der Waals surface area contributed by atoms with Crippen molar-refractivity contribution >= 4 is 10.9 Å². The van der Waals surface area contributed by atoms with Gasteiger partial charge in [-0.05, 0) is 22.8 Å². The van der Waals surface area contributed by atoms with Crippen LogP contribution in [0.3, 0.4) is 0 Å². The highest BCUT2D eigenvalue weighted by atomic mass is 16.6. The largest absolute Gasteiger partial charge is 0.343 e. The highest BCUT2D eigenvalue weighted by molar-refractivity contribution is 5.93. The fourth-order valence-electron chi connectivity index (χ4n) is 3.92. The Kier molecular flexibility index (Phi) is 4.47. The zero-order chi connectivity index (χ0) is 18.8. The van der Waals surface area contributed by atoms with Crippen LogP contribution < -0.4 is 0 Å². The molecule has 1 aromatic heterocycles. The standard InChI is InChI=1S/C23H20N2O2/c1-24-21-15-9-8-14-19(21)22(23(24)18-12-6-3-7-13-18)20(16-25(26)27)17-10-4-2-5-11-17/h2-15,20H,16H2,1H3. The quantitative estimate of drug-likeness (QED) is 0.362. The molecule has 0 saturated carbocycles. The van der Waals surface area contributed by atoms with E-state index < -0.39 is 0 Å². The first-order valence-corrected chi connectivity index (χ1v) is 8.96. The third kappa shape index (κ3) is 3.10. The normalized spacial score (nSPS) is 12.2. The Morgan fingerprint density at radius 2 is 1.48 bits per heavy atom. The van der Waals surface area contributed by atoms with Crippen molar-refractivity contribution in [2.24, 2.45) is 7.05 Å². The van der Waals surface area contributed by atoms with Crippen molar-refractivity contribution < 1.29 is 4.92 Å². The van der Waals surface area contributed by atoms with Gasteiger partial charge in [0.25, 0.3) is 0 Å². The Morgan fingerprint density at radius 3 is 2.15 bits per heavy atom. The Bertz CT molecular complexity index is 1090. The van der Waals surface area contributed by atoms with Gasteiger partial charge < -0.3 is 4.57 Å². The van der Waals surface area contributed by atoms with E-state index in [0.29, 0.717) is 0 Å². The molecule has 1 atom stereocenters. The lowest BCUT2D eigenvalue weighted by Gasteiger charge is -2.17. The van der Waals surface area contributed by atoms with Gasteiger partial charge in [-0.2, -0.15) is 0 Å². The van der Waals surface area contributed by atoms with E-state index in [2.05, 4.69) is 28.8 Å². The monoisotopic (exact) mass is 356 g/mol. The van der Waals surface area contributed by atoms with Crippen LogP contribution in [0.4, 0.5) is 0 Å². The molecule has 0 spiro atoms. The van der Waals surface area contributed by atoms with Crippen LogP contribution >= 0.6 is 0 Å². The highest BCUT2D eigenvalue weighted by Crippen LogP contribution is 2.40. The molecule has 0 bridgehead atoms. The fourth-order valence-corrected chi connectivity index (χ4v) is 3.92. The van der Waals surface area contributed by atoms with Crippen molar-refractivity contribution in [3.63, 3.8) is 0 Å². The Balaban J connectivity index is 2.05. The van der Waals surface area contributed by atoms with Crippen LogP contribution in [0.2, 0.25) is 0 Å². The molecule has 0 amide bonds. The molecular weight excluding hydrogens is 336 g/mol. The smallest absolute Gasteiger partial charge is 0.214 e. The molecule has 1 heterocycles. The molecule has 0 aliphatic heterocycles. The molecule has 3 aromatic carbocycles. The topological polar surface area (TPSA) is 48.1 Å². The summed E-state index contributed by atoms with van der Waals surface area (Å²) in [5.41, 5.74) is 5.16. The zero-order valence-electron chi connectivity index (χ0n) is 15.1. The predicted octanol–water partition coefficient (Wildman–Crippen LogP) is 5.25. The van der Waals surface area contributed by atoms with E-state index in [0.717, 1.165) is 33.3 Å². The summed E-state index contributed by atoms with van der Waals surface area (Å²) in [7, 11) is 2.03. The second-order valence-corrected chi connectivity index (χ2v) is 6.68. The SMILES string of the molecule is Cn1c(-c2ccccc2)c(C(C[N+](=O)[O-])c2ccccc2)c2ccccc21. The molecule has 4 nitrogen and oxygen atoms in total. The number of nitro groups is 1. The van der Waals surface area contributed by atoms with Crippen LogP contribution in [-0.4, -0.2) is 16.0 Å². The summed E-state index contributed by atoms with van der Waals surface area (Å²) in [6.45, 7) is -0.141. The molecule has 0 N–H and O–H groups in total. The highest BCUT2D eigenvalue weighted by Gasteiger charge is 2.28. The third-order valence-electron chi connectivity index (χ3n) is 5.08. The van der Waals surface area contributed by atoms with Crippen LogP contribution in [0.25, 0.3) is 22.2 Å². The Labute approximate surface area is 157 Å². The summed E-state index contributed by atoms with van der Waals surface area (Å²) in [5, 5.41) is 12.6. The van der Waals surface area contributed by atoms with E-state index in [1.807, 2.05) is 67.7 Å². The summed E-state index contributed by atoms with van der Waals surface area (Å²) in [4.78, 5) is 11.3. The number of hydrogen-bond donors (Lipinski definition) is 0. The molecule has 1 unspecified atom stereocenters. The molecule has 0 fully saturated rings. The van der Waals surface area contributed by atoms with Gasteiger partial charge in [0.05, 0.1) is 11.6 Å². The van der Waals surface area contributed by atoms with Crippen molar-refractivity contribution in [1.82, 2.24) is 4.57 Å². The molecule has 4 aromatic rings. The van der Waals surface area contributed by atoms with Crippen LogP contribution in [0.1, 0.15) is 17.0 Å². The van der Waals surface area contributed by atoms with Gasteiger partial charge in [0.15, 0.2) is 0 Å². The maximum Gasteiger partial charge on any atom is 0.214 e. The average Bonchev–Trinajstić information content (AvgIpc) is 3.00. The maximum absolute atomic E-state index is 11.5. The van der Waals surface area contributed by atoms with Crippen molar-refractivity contribution in [1.29, 1.82) is 0 Å². The second-order valence-electron chi connectivity index (χ2n) is 6.68. The summed E-state index contributed by atoms with van der Waals surface area (Å²) in [6.07, 6.45) is 0. The first-order valence-electron chi connectivity index (χ1n) is 8.96. The minimum atomic E-state index is -0.317. The number of fused-ring (bicyclic) bond motifs is 1. The Morgan fingerprint density at radius 1 is 0.889 bits per heavy atom. The molecule has 4 heteroatoms. The number of benzene rings is 3. The average molecular weight is 356 g/mol. The van der Waals surface area contributed by atoms with E-state index in [1.54, 1.807) is 0 Å². The minimum absolute atomic E-state index is 0.141. The van der Waals surface area contributed by atoms with Gasteiger partial charge in [-0.15, -0.1) is 0 Å². The molecule has 0 saturated heterocycles. The predicted molar refractivity (Wildman–Crippen MR) is 109 cm³/mol. The summed E-state index contributed by atoms with van der Waals surface area (Å²) in [6, 6.07) is 28.0. The van der Waals surface area contributed by atoms with E-state index in [9.17, 15) is 10.1 Å². The third-order valence-corrected chi connectivity index (χ3v) is 5.08. The van der Waals surface area contributed by atoms with Gasteiger partial charge in [0, 0.05) is 22.9 Å². The number of hydrogen-bond acceptors (Lipinski definition) is 2.